The summed E-state index contributed by atoms with van der Waals surface area (Å²) in [4.78, 5) is 11.7. The van der Waals surface area contributed by atoms with Crippen molar-refractivity contribution in [3.05, 3.63) is 29.8 Å². The van der Waals surface area contributed by atoms with Crippen molar-refractivity contribution in [1.82, 2.24) is 0 Å². The van der Waals surface area contributed by atoms with E-state index in [-0.39, 0.29) is 17.6 Å². The summed E-state index contributed by atoms with van der Waals surface area (Å²) in [6.07, 6.45) is 2.68. The summed E-state index contributed by atoms with van der Waals surface area (Å²) in [5, 5.41) is -0.219. The van der Waals surface area contributed by atoms with Crippen LogP contribution in [0.5, 0.6) is 0 Å². The Bertz CT molecular complexity index is 541. The first-order chi connectivity index (χ1) is 9.04. The fourth-order valence-corrected chi connectivity index (χ4v) is 3.90. The van der Waals surface area contributed by atoms with Crippen molar-refractivity contribution in [1.29, 1.82) is 0 Å². The van der Waals surface area contributed by atoms with E-state index >= 15 is 0 Å². The van der Waals surface area contributed by atoms with E-state index < -0.39 is 9.84 Å². The Labute approximate surface area is 113 Å². The summed E-state index contributed by atoms with van der Waals surface area (Å²) in [7, 11) is -3.17. The normalized spacial score (nSPS) is 15.8. The number of hydrogen-bond acceptors (Lipinski definition) is 4. The number of rotatable bonds is 5. The Morgan fingerprint density at radius 3 is 2.37 bits per heavy atom. The van der Waals surface area contributed by atoms with Crippen molar-refractivity contribution in [2.75, 3.05) is 6.61 Å². The zero-order valence-electron chi connectivity index (χ0n) is 11.0. The Morgan fingerprint density at radius 1 is 1.26 bits per heavy atom. The van der Waals surface area contributed by atoms with E-state index in [1.54, 1.807) is 31.2 Å². The van der Waals surface area contributed by atoms with Gasteiger partial charge in [0.2, 0.25) is 0 Å². The highest BCUT2D eigenvalue weighted by Crippen LogP contribution is 2.31. The lowest BCUT2D eigenvalue weighted by molar-refractivity contribution is -0.142. The number of esters is 1. The standard InChI is InChI=1S/C14H18O4S/c1-2-18-14(15)10-11-6-8-13(9-7-11)19(16,17)12-4-3-5-12/h6-9,12H,2-5,10H2,1H3. The number of carbonyl (C=O) groups excluding carboxylic acids is 1. The molecular weight excluding hydrogens is 264 g/mol. The molecule has 0 atom stereocenters. The second-order valence-corrected chi connectivity index (χ2v) is 6.95. The zero-order valence-corrected chi connectivity index (χ0v) is 11.8. The first-order valence-electron chi connectivity index (χ1n) is 6.52. The minimum atomic E-state index is -3.17. The summed E-state index contributed by atoms with van der Waals surface area (Å²) in [5.74, 6) is -0.294. The van der Waals surface area contributed by atoms with Crippen LogP contribution in [0.1, 0.15) is 31.7 Å². The molecule has 1 aliphatic carbocycles. The van der Waals surface area contributed by atoms with Gasteiger partial charge in [0.1, 0.15) is 0 Å². The van der Waals surface area contributed by atoms with Crippen LogP contribution in [0.4, 0.5) is 0 Å². The lowest BCUT2D eigenvalue weighted by Gasteiger charge is -2.25. The number of benzene rings is 1. The van der Waals surface area contributed by atoms with Gasteiger partial charge in [0.15, 0.2) is 9.84 Å². The van der Waals surface area contributed by atoms with Gasteiger partial charge >= 0.3 is 5.97 Å². The van der Waals surface area contributed by atoms with Crippen molar-refractivity contribution in [3.63, 3.8) is 0 Å². The van der Waals surface area contributed by atoms with Gasteiger partial charge in [-0.1, -0.05) is 18.6 Å². The molecule has 0 amide bonds. The third-order valence-corrected chi connectivity index (χ3v) is 5.68. The van der Waals surface area contributed by atoms with E-state index in [0.717, 1.165) is 24.8 Å². The molecule has 19 heavy (non-hydrogen) atoms. The van der Waals surface area contributed by atoms with Crippen LogP contribution in [0.15, 0.2) is 29.2 Å². The van der Waals surface area contributed by atoms with Gasteiger partial charge in [-0.3, -0.25) is 4.79 Å². The minimum absolute atomic E-state index is 0.178. The molecule has 1 aromatic rings. The Hall–Kier alpha value is -1.36. The maximum Gasteiger partial charge on any atom is 0.310 e. The van der Waals surface area contributed by atoms with Gasteiger partial charge in [-0.25, -0.2) is 8.42 Å². The molecule has 1 saturated carbocycles. The van der Waals surface area contributed by atoms with Crippen molar-refractivity contribution < 1.29 is 17.9 Å². The van der Waals surface area contributed by atoms with Crippen LogP contribution in [0.25, 0.3) is 0 Å². The van der Waals surface area contributed by atoms with Gasteiger partial charge in [-0.15, -0.1) is 0 Å². The van der Waals surface area contributed by atoms with E-state index in [1.165, 1.54) is 0 Å². The van der Waals surface area contributed by atoms with Gasteiger partial charge in [-0.2, -0.15) is 0 Å². The van der Waals surface area contributed by atoms with E-state index in [9.17, 15) is 13.2 Å². The number of ether oxygens (including phenoxy) is 1. The SMILES string of the molecule is CCOC(=O)Cc1ccc(S(=O)(=O)C2CCC2)cc1. The largest absolute Gasteiger partial charge is 0.466 e. The third-order valence-electron chi connectivity index (χ3n) is 3.40. The first kappa shape index (κ1) is 14.1. The summed E-state index contributed by atoms with van der Waals surface area (Å²) in [5.41, 5.74) is 0.769. The van der Waals surface area contributed by atoms with Crippen LogP contribution in [0.3, 0.4) is 0 Å². The average molecular weight is 282 g/mol. The molecular formula is C14H18O4S. The molecule has 1 aliphatic rings. The third kappa shape index (κ3) is 3.15. The van der Waals surface area contributed by atoms with Gasteiger partial charge in [0.25, 0.3) is 0 Å². The van der Waals surface area contributed by atoms with Gasteiger partial charge in [0.05, 0.1) is 23.2 Å². The molecule has 0 heterocycles. The minimum Gasteiger partial charge on any atom is -0.466 e. The maximum absolute atomic E-state index is 12.2. The topological polar surface area (TPSA) is 60.4 Å². The van der Waals surface area contributed by atoms with E-state index in [0.29, 0.717) is 11.5 Å². The highest BCUT2D eigenvalue weighted by molar-refractivity contribution is 7.92. The molecule has 0 radical (unpaired) electrons. The molecule has 0 aliphatic heterocycles. The molecule has 5 heteroatoms. The Morgan fingerprint density at radius 2 is 1.89 bits per heavy atom. The number of carbonyl (C=O) groups is 1. The molecule has 4 nitrogen and oxygen atoms in total. The van der Waals surface area contributed by atoms with Crippen LogP contribution in [-0.4, -0.2) is 26.2 Å². The van der Waals surface area contributed by atoms with Crippen LogP contribution in [-0.2, 0) is 25.8 Å². The predicted molar refractivity (Wildman–Crippen MR) is 71.6 cm³/mol. The van der Waals surface area contributed by atoms with Crippen molar-refractivity contribution in [2.24, 2.45) is 0 Å². The van der Waals surface area contributed by atoms with Crippen LogP contribution < -0.4 is 0 Å². The zero-order chi connectivity index (χ0) is 13.9. The van der Waals surface area contributed by atoms with Gasteiger partial charge in [-0.05, 0) is 37.5 Å². The van der Waals surface area contributed by atoms with Crippen molar-refractivity contribution in [3.8, 4) is 0 Å². The summed E-state index contributed by atoms with van der Waals surface area (Å²) in [6, 6.07) is 6.54. The molecule has 1 fully saturated rings. The van der Waals surface area contributed by atoms with Crippen molar-refractivity contribution >= 4 is 15.8 Å². The molecule has 1 aromatic carbocycles. The molecule has 2 rings (SSSR count). The Balaban J connectivity index is 2.08. The monoisotopic (exact) mass is 282 g/mol. The summed E-state index contributed by atoms with van der Waals surface area (Å²) < 4.78 is 29.2. The molecule has 0 unspecified atom stereocenters. The predicted octanol–water partition coefficient (Wildman–Crippen LogP) is 2.12. The molecule has 0 spiro atoms. The molecule has 0 aromatic heterocycles. The summed E-state index contributed by atoms with van der Waals surface area (Å²) >= 11 is 0. The average Bonchev–Trinajstić information content (AvgIpc) is 2.27. The maximum atomic E-state index is 12.2. The fraction of sp³-hybridized carbons (Fsp3) is 0.500. The van der Waals surface area contributed by atoms with E-state index in [4.69, 9.17) is 4.74 Å². The van der Waals surface area contributed by atoms with Crippen molar-refractivity contribution in [2.45, 2.75) is 42.8 Å². The highest BCUT2D eigenvalue weighted by Gasteiger charge is 2.32. The second-order valence-electron chi connectivity index (χ2n) is 4.72. The van der Waals surface area contributed by atoms with Crippen LogP contribution in [0.2, 0.25) is 0 Å². The molecule has 0 saturated heterocycles. The lowest BCUT2D eigenvalue weighted by atomic mass is 10.00. The van der Waals surface area contributed by atoms with Gasteiger partial charge in [0, 0.05) is 0 Å². The molecule has 0 N–H and O–H groups in total. The lowest BCUT2D eigenvalue weighted by Crippen LogP contribution is -2.28. The smallest absolute Gasteiger partial charge is 0.310 e. The number of hydrogen-bond donors (Lipinski definition) is 0. The first-order valence-corrected chi connectivity index (χ1v) is 8.07. The molecule has 0 bridgehead atoms. The van der Waals surface area contributed by atoms with Crippen LogP contribution >= 0.6 is 0 Å². The fourth-order valence-electron chi connectivity index (χ4n) is 2.05. The Kier molecular flexibility index (Phi) is 4.24. The second kappa shape index (κ2) is 5.74. The quantitative estimate of drug-likeness (QED) is 0.776. The van der Waals surface area contributed by atoms with Crippen LogP contribution in [0, 0.1) is 0 Å². The summed E-state index contributed by atoms with van der Waals surface area (Å²) in [6.45, 7) is 2.11. The van der Waals surface area contributed by atoms with E-state index in [1.807, 2.05) is 0 Å². The van der Waals surface area contributed by atoms with Gasteiger partial charge < -0.3 is 4.74 Å². The van der Waals surface area contributed by atoms with E-state index in [2.05, 4.69) is 0 Å². The molecule has 104 valence electrons. The number of sulfone groups is 1. The highest BCUT2D eigenvalue weighted by atomic mass is 32.2.